The first-order valence-electron chi connectivity index (χ1n) is 6.08. The van der Waals surface area contributed by atoms with Gasteiger partial charge in [0, 0.05) is 0 Å². The fourth-order valence-corrected chi connectivity index (χ4v) is 2.76. The van der Waals surface area contributed by atoms with Crippen LogP contribution in [0.1, 0.15) is 52.4 Å². The normalized spacial score (nSPS) is 35.6. The molecular formula is C12H25NO. The summed E-state index contributed by atoms with van der Waals surface area (Å²) in [6.45, 7) is 5.00. The highest BCUT2D eigenvalue weighted by Gasteiger charge is 2.37. The minimum Gasteiger partial charge on any atom is -0.390 e. The van der Waals surface area contributed by atoms with Crippen LogP contribution in [0.3, 0.4) is 0 Å². The van der Waals surface area contributed by atoms with Crippen LogP contribution >= 0.6 is 0 Å². The molecule has 1 saturated carbocycles. The molecule has 14 heavy (non-hydrogen) atoms. The maximum atomic E-state index is 10.5. The van der Waals surface area contributed by atoms with Crippen LogP contribution in [0.15, 0.2) is 0 Å². The van der Waals surface area contributed by atoms with Crippen molar-refractivity contribution in [2.24, 2.45) is 17.6 Å². The molecule has 0 bridgehead atoms. The summed E-state index contributed by atoms with van der Waals surface area (Å²) in [5.41, 5.74) is 5.26. The minimum atomic E-state index is -0.449. The van der Waals surface area contributed by atoms with Gasteiger partial charge in [-0.15, -0.1) is 0 Å². The van der Waals surface area contributed by atoms with Gasteiger partial charge in [-0.2, -0.15) is 0 Å². The highest BCUT2D eigenvalue weighted by atomic mass is 16.3. The van der Waals surface area contributed by atoms with Crippen LogP contribution in [0.5, 0.6) is 0 Å². The Kier molecular flexibility index (Phi) is 4.39. The highest BCUT2D eigenvalue weighted by Crippen LogP contribution is 2.38. The lowest BCUT2D eigenvalue weighted by Crippen LogP contribution is -2.44. The van der Waals surface area contributed by atoms with Gasteiger partial charge in [-0.05, 0) is 50.5 Å². The standard InChI is InChI=1S/C12H25NO/c1-3-10-5-7-12(14,8-6-10)11(4-2)9-13/h10-11,14H,3-9,13H2,1-2H3. The minimum absolute atomic E-state index is 0.306. The SMILES string of the molecule is CCC1CCC(O)(C(CC)CN)CC1. The zero-order valence-electron chi connectivity index (χ0n) is 9.63. The average molecular weight is 199 g/mol. The van der Waals surface area contributed by atoms with Crippen molar-refractivity contribution in [1.82, 2.24) is 0 Å². The molecule has 84 valence electrons. The monoisotopic (exact) mass is 199 g/mol. The summed E-state index contributed by atoms with van der Waals surface area (Å²) in [4.78, 5) is 0. The topological polar surface area (TPSA) is 46.2 Å². The van der Waals surface area contributed by atoms with Crippen molar-refractivity contribution in [3.05, 3.63) is 0 Å². The molecule has 1 rings (SSSR count). The van der Waals surface area contributed by atoms with E-state index in [2.05, 4.69) is 13.8 Å². The maximum absolute atomic E-state index is 10.5. The summed E-state index contributed by atoms with van der Waals surface area (Å²) in [7, 11) is 0. The van der Waals surface area contributed by atoms with Crippen molar-refractivity contribution in [2.45, 2.75) is 58.0 Å². The first-order chi connectivity index (χ1) is 6.66. The van der Waals surface area contributed by atoms with Crippen LogP contribution in [0.2, 0.25) is 0 Å². The zero-order chi connectivity index (χ0) is 10.6. The number of nitrogens with two attached hydrogens (primary N) is 1. The Morgan fingerprint density at radius 2 is 1.93 bits per heavy atom. The molecule has 0 aliphatic heterocycles. The Morgan fingerprint density at radius 1 is 1.36 bits per heavy atom. The molecule has 2 heteroatoms. The molecule has 0 heterocycles. The summed E-state index contributed by atoms with van der Waals surface area (Å²) >= 11 is 0. The highest BCUT2D eigenvalue weighted by molar-refractivity contribution is 4.90. The average Bonchev–Trinajstić information content (AvgIpc) is 2.20. The lowest BCUT2D eigenvalue weighted by Gasteiger charge is -2.41. The molecule has 0 aromatic rings. The molecule has 0 aromatic carbocycles. The first-order valence-corrected chi connectivity index (χ1v) is 6.08. The zero-order valence-corrected chi connectivity index (χ0v) is 9.63. The van der Waals surface area contributed by atoms with Crippen LogP contribution in [-0.2, 0) is 0 Å². The maximum Gasteiger partial charge on any atom is 0.0688 e. The van der Waals surface area contributed by atoms with Gasteiger partial charge < -0.3 is 10.8 Å². The van der Waals surface area contributed by atoms with Crippen molar-refractivity contribution in [2.75, 3.05) is 6.54 Å². The van der Waals surface area contributed by atoms with Gasteiger partial charge in [0.2, 0.25) is 0 Å². The van der Waals surface area contributed by atoms with Crippen LogP contribution in [-0.4, -0.2) is 17.3 Å². The van der Waals surface area contributed by atoms with Gasteiger partial charge in [0.25, 0.3) is 0 Å². The van der Waals surface area contributed by atoms with E-state index in [9.17, 15) is 5.11 Å². The van der Waals surface area contributed by atoms with Gasteiger partial charge in [-0.1, -0.05) is 20.3 Å². The predicted molar refractivity (Wildman–Crippen MR) is 60.0 cm³/mol. The van der Waals surface area contributed by atoms with E-state index in [1.165, 1.54) is 19.3 Å². The van der Waals surface area contributed by atoms with Crippen molar-refractivity contribution in [1.29, 1.82) is 0 Å². The molecule has 0 saturated heterocycles. The molecule has 1 fully saturated rings. The summed E-state index contributed by atoms with van der Waals surface area (Å²) in [5.74, 6) is 1.14. The number of hydrogen-bond acceptors (Lipinski definition) is 2. The van der Waals surface area contributed by atoms with E-state index < -0.39 is 5.60 Å². The van der Waals surface area contributed by atoms with Crippen molar-refractivity contribution < 1.29 is 5.11 Å². The molecule has 1 unspecified atom stereocenters. The van der Waals surface area contributed by atoms with E-state index in [-0.39, 0.29) is 0 Å². The fraction of sp³-hybridized carbons (Fsp3) is 1.00. The summed E-state index contributed by atoms with van der Waals surface area (Å²) < 4.78 is 0. The predicted octanol–water partition coefficient (Wildman–Crippen LogP) is 2.30. The molecule has 0 spiro atoms. The van der Waals surface area contributed by atoms with E-state index in [1.807, 2.05) is 0 Å². The van der Waals surface area contributed by atoms with E-state index >= 15 is 0 Å². The fourth-order valence-electron chi connectivity index (χ4n) is 2.76. The lowest BCUT2D eigenvalue weighted by molar-refractivity contribution is -0.0578. The Hall–Kier alpha value is -0.0800. The second-order valence-corrected chi connectivity index (χ2v) is 4.80. The van der Waals surface area contributed by atoms with E-state index in [0.717, 1.165) is 25.2 Å². The summed E-state index contributed by atoms with van der Waals surface area (Å²) in [5, 5.41) is 10.5. The van der Waals surface area contributed by atoms with Crippen LogP contribution in [0.4, 0.5) is 0 Å². The molecule has 1 aliphatic rings. The lowest BCUT2D eigenvalue weighted by atomic mass is 9.71. The molecule has 3 N–H and O–H groups in total. The molecule has 0 radical (unpaired) electrons. The van der Waals surface area contributed by atoms with Crippen LogP contribution < -0.4 is 5.73 Å². The van der Waals surface area contributed by atoms with Gasteiger partial charge in [0.1, 0.15) is 0 Å². The second kappa shape index (κ2) is 5.13. The second-order valence-electron chi connectivity index (χ2n) is 4.80. The third-order valence-corrected chi connectivity index (χ3v) is 4.09. The van der Waals surface area contributed by atoms with E-state index in [0.29, 0.717) is 12.5 Å². The first kappa shape index (κ1) is 12.0. The van der Waals surface area contributed by atoms with Crippen LogP contribution in [0, 0.1) is 11.8 Å². The largest absolute Gasteiger partial charge is 0.390 e. The molecule has 2 nitrogen and oxygen atoms in total. The molecular weight excluding hydrogens is 174 g/mol. The number of hydrogen-bond donors (Lipinski definition) is 2. The molecule has 1 aliphatic carbocycles. The Balaban J connectivity index is 2.51. The Bertz CT molecular complexity index is 158. The van der Waals surface area contributed by atoms with Gasteiger partial charge in [0.15, 0.2) is 0 Å². The van der Waals surface area contributed by atoms with Gasteiger partial charge in [-0.25, -0.2) is 0 Å². The van der Waals surface area contributed by atoms with Gasteiger partial charge in [-0.3, -0.25) is 0 Å². The molecule has 0 aromatic heterocycles. The van der Waals surface area contributed by atoms with Gasteiger partial charge >= 0.3 is 0 Å². The molecule has 1 atom stereocenters. The van der Waals surface area contributed by atoms with Gasteiger partial charge in [0.05, 0.1) is 5.60 Å². The van der Waals surface area contributed by atoms with Crippen molar-refractivity contribution in [3.63, 3.8) is 0 Å². The summed E-state index contributed by atoms with van der Waals surface area (Å²) in [6, 6.07) is 0. The quantitative estimate of drug-likeness (QED) is 0.730. The molecule has 0 amide bonds. The number of aliphatic hydroxyl groups is 1. The van der Waals surface area contributed by atoms with E-state index in [1.54, 1.807) is 0 Å². The smallest absolute Gasteiger partial charge is 0.0688 e. The third-order valence-electron chi connectivity index (χ3n) is 4.09. The van der Waals surface area contributed by atoms with Crippen LogP contribution in [0.25, 0.3) is 0 Å². The van der Waals surface area contributed by atoms with Crippen molar-refractivity contribution >= 4 is 0 Å². The summed E-state index contributed by atoms with van der Waals surface area (Å²) in [6.07, 6.45) is 6.55. The van der Waals surface area contributed by atoms with Crippen molar-refractivity contribution in [3.8, 4) is 0 Å². The Labute approximate surface area is 87.9 Å². The van der Waals surface area contributed by atoms with E-state index in [4.69, 9.17) is 5.73 Å². The third kappa shape index (κ3) is 2.48. The number of rotatable bonds is 4. The Morgan fingerprint density at radius 3 is 2.29 bits per heavy atom.